The number of ketones is 1. The third kappa shape index (κ3) is 2.96. The molecule has 0 unspecified atom stereocenters. The van der Waals surface area contributed by atoms with Crippen LogP contribution in [0.2, 0.25) is 5.15 Å². The van der Waals surface area contributed by atoms with Gasteiger partial charge in [0.1, 0.15) is 23.3 Å². The van der Waals surface area contributed by atoms with Gasteiger partial charge in [-0.15, -0.1) is 0 Å². The summed E-state index contributed by atoms with van der Waals surface area (Å²) in [5.74, 6) is 1.54. The first kappa shape index (κ1) is 13.6. The van der Waals surface area contributed by atoms with Crippen LogP contribution in [0.25, 0.3) is 0 Å². The van der Waals surface area contributed by atoms with Crippen LogP contribution in [-0.2, 0) is 13.7 Å². The van der Waals surface area contributed by atoms with Crippen LogP contribution in [0.3, 0.4) is 0 Å². The quantitative estimate of drug-likeness (QED) is 0.807. The van der Waals surface area contributed by atoms with Crippen LogP contribution in [0.15, 0.2) is 24.4 Å². The van der Waals surface area contributed by atoms with E-state index in [2.05, 4.69) is 4.98 Å². The molecule has 1 heterocycles. The lowest BCUT2D eigenvalue weighted by atomic mass is 10.1. The predicted octanol–water partition coefficient (Wildman–Crippen LogP) is 3.16. The number of benzene rings is 1. The molecule has 0 aliphatic carbocycles. The number of carbonyl (C=O) groups is 1. The summed E-state index contributed by atoms with van der Waals surface area (Å²) >= 11 is 5.91. The van der Waals surface area contributed by atoms with Crippen LogP contribution in [0, 0.1) is 6.92 Å². The summed E-state index contributed by atoms with van der Waals surface area (Å²) in [6.45, 7) is 3.79. The lowest BCUT2D eigenvalue weighted by Crippen LogP contribution is -2.04. The molecule has 0 atom stereocenters. The second-order valence-corrected chi connectivity index (χ2v) is 4.77. The van der Waals surface area contributed by atoms with Gasteiger partial charge in [-0.2, -0.15) is 0 Å². The van der Waals surface area contributed by atoms with E-state index in [0.29, 0.717) is 17.3 Å². The summed E-state index contributed by atoms with van der Waals surface area (Å²) in [4.78, 5) is 15.4. The van der Waals surface area contributed by atoms with Crippen molar-refractivity contribution in [2.24, 2.45) is 7.05 Å². The first-order chi connectivity index (χ1) is 8.99. The number of carbonyl (C=O) groups excluding carboxylic acids is 1. The van der Waals surface area contributed by atoms with Gasteiger partial charge in [-0.1, -0.05) is 11.6 Å². The molecule has 0 aliphatic heterocycles. The molecule has 2 aromatic rings. The van der Waals surface area contributed by atoms with Gasteiger partial charge in [-0.05, 0) is 37.6 Å². The van der Waals surface area contributed by atoms with E-state index < -0.39 is 0 Å². The average molecular weight is 279 g/mol. The maximum Gasteiger partial charge on any atom is 0.159 e. The van der Waals surface area contributed by atoms with E-state index in [-0.39, 0.29) is 5.78 Å². The molecule has 0 bridgehead atoms. The van der Waals surface area contributed by atoms with Gasteiger partial charge >= 0.3 is 0 Å². The van der Waals surface area contributed by atoms with E-state index in [0.717, 1.165) is 17.1 Å². The zero-order valence-corrected chi connectivity index (χ0v) is 11.9. The number of aryl methyl sites for hydroxylation is 1. The minimum atomic E-state index is 0.0468. The highest BCUT2D eigenvalue weighted by Crippen LogP contribution is 2.21. The number of hydrogen-bond donors (Lipinski definition) is 0. The Labute approximate surface area is 117 Å². The highest BCUT2D eigenvalue weighted by atomic mass is 35.5. The van der Waals surface area contributed by atoms with Gasteiger partial charge in [-0.3, -0.25) is 4.79 Å². The Balaban J connectivity index is 2.12. The number of nitrogens with zero attached hydrogens (tertiary/aromatic N) is 2. The normalized spacial score (nSPS) is 10.5. The van der Waals surface area contributed by atoms with Crippen LogP contribution < -0.4 is 4.74 Å². The Kier molecular flexibility index (Phi) is 3.90. The van der Waals surface area contributed by atoms with Crippen molar-refractivity contribution in [3.05, 3.63) is 46.5 Å². The number of imidazole rings is 1. The average Bonchev–Trinajstić information content (AvgIpc) is 2.68. The fourth-order valence-corrected chi connectivity index (χ4v) is 1.88. The van der Waals surface area contributed by atoms with Crippen molar-refractivity contribution >= 4 is 17.4 Å². The molecule has 2 rings (SSSR count). The zero-order valence-electron chi connectivity index (χ0n) is 11.1. The van der Waals surface area contributed by atoms with Gasteiger partial charge in [0, 0.05) is 12.6 Å². The fourth-order valence-electron chi connectivity index (χ4n) is 1.73. The van der Waals surface area contributed by atoms with Gasteiger partial charge in [0.2, 0.25) is 0 Å². The molecular weight excluding hydrogens is 264 g/mol. The summed E-state index contributed by atoms with van der Waals surface area (Å²) < 4.78 is 7.46. The summed E-state index contributed by atoms with van der Waals surface area (Å²) in [5, 5.41) is 0.572. The summed E-state index contributed by atoms with van der Waals surface area (Å²) in [6, 6.07) is 5.38. The Bertz CT molecular complexity index is 620. The monoisotopic (exact) mass is 278 g/mol. The van der Waals surface area contributed by atoms with E-state index in [9.17, 15) is 4.79 Å². The number of rotatable bonds is 4. The molecule has 0 saturated carbocycles. The van der Waals surface area contributed by atoms with Crippen molar-refractivity contribution in [3.63, 3.8) is 0 Å². The molecule has 1 aromatic carbocycles. The smallest absolute Gasteiger partial charge is 0.159 e. The van der Waals surface area contributed by atoms with Gasteiger partial charge in [-0.25, -0.2) is 4.98 Å². The molecule has 0 saturated heterocycles. The summed E-state index contributed by atoms with van der Waals surface area (Å²) in [6.07, 6.45) is 1.59. The summed E-state index contributed by atoms with van der Waals surface area (Å²) in [7, 11) is 1.83. The Hall–Kier alpha value is -1.81. The number of hydrogen-bond acceptors (Lipinski definition) is 3. The van der Waals surface area contributed by atoms with E-state index in [4.69, 9.17) is 16.3 Å². The minimum Gasteiger partial charge on any atom is -0.485 e. The second kappa shape index (κ2) is 5.45. The molecule has 0 spiro atoms. The molecule has 0 amide bonds. The van der Waals surface area contributed by atoms with E-state index in [1.165, 1.54) is 0 Å². The van der Waals surface area contributed by atoms with Crippen LogP contribution >= 0.6 is 11.6 Å². The maximum absolute atomic E-state index is 11.3. The molecule has 0 N–H and O–H groups in total. The first-order valence-corrected chi connectivity index (χ1v) is 6.27. The maximum atomic E-state index is 11.3. The molecule has 4 nitrogen and oxygen atoms in total. The highest BCUT2D eigenvalue weighted by Gasteiger charge is 2.08. The molecule has 1 aromatic heterocycles. The van der Waals surface area contributed by atoms with Gasteiger partial charge in [0.15, 0.2) is 5.78 Å². The van der Waals surface area contributed by atoms with Crippen LogP contribution in [-0.4, -0.2) is 15.3 Å². The first-order valence-electron chi connectivity index (χ1n) is 5.89. The molecule has 0 radical (unpaired) electrons. The topological polar surface area (TPSA) is 44.1 Å². The largest absolute Gasteiger partial charge is 0.485 e. The van der Waals surface area contributed by atoms with Crippen LogP contribution in [0.5, 0.6) is 5.75 Å². The number of Topliss-reactive ketones (excluding diaryl/α,β-unsaturated/α-hetero) is 1. The van der Waals surface area contributed by atoms with Gasteiger partial charge in [0.25, 0.3) is 0 Å². The molecule has 0 fully saturated rings. The van der Waals surface area contributed by atoms with Crippen LogP contribution in [0.4, 0.5) is 0 Å². The zero-order chi connectivity index (χ0) is 14.0. The van der Waals surface area contributed by atoms with Crippen molar-refractivity contribution in [3.8, 4) is 5.75 Å². The molecule has 19 heavy (non-hydrogen) atoms. The fraction of sp³-hybridized carbons (Fsp3) is 0.286. The number of halogens is 1. The lowest BCUT2D eigenvalue weighted by molar-refractivity contribution is 0.101. The predicted molar refractivity (Wildman–Crippen MR) is 73.7 cm³/mol. The summed E-state index contributed by atoms with van der Waals surface area (Å²) in [5.41, 5.74) is 1.61. The van der Waals surface area contributed by atoms with Gasteiger partial charge < -0.3 is 9.30 Å². The Morgan fingerprint density at radius 2 is 2.21 bits per heavy atom. The second-order valence-electron chi connectivity index (χ2n) is 4.38. The Morgan fingerprint density at radius 3 is 2.74 bits per heavy atom. The van der Waals surface area contributed by atoms with Crippen molar-refractivity contribution < 1.29 is 9.53 Å². The molecule has 100 valence electrons. The number of ether oxygens (including phenoxy) is 1. The number of aromatic nitrogens is 2. The SMILES string of the molecule is CC(=O)c1ccc(OCc2ncc(Cl)n2C)c(C)c1. The van der Waals surface area contributed by atoms with Crippen LogP contribution in [0.1, 0.15) is 28.7 Å². The third-order valence-electron chi connectivity index (χ3n) is 2.97. The standard InChI is InChI=1S/C14H15ClN2O2/c1-9-6-11(10(2)18)4-5-12(9)19-8-14-16-7-13(15)17(14)3/h4-7H,8H2,1-3H3. The molecule has 0 aliphatic rings. The van der Waals surface area contributed by atoms with Crippen molar-refractivity contribution in [1.29, 1.82) is 0 Å². The van der Waals surface area contributed by atoms with Crippen molar-refractivity contribution in [2.75, 3.05) is 0 Å². The highest BCUT2D eigenvalue weighted by molar-refractivity contribution is 6.29. The molecular formula is C14H15ClN2O2. The van der Waals surface area contributed by atoms with Crippen molar-refractivity contribution in [1.82, 2.24) is 9.55 Å². The third-order valence-corrected chi connectivity index (χ3v) is 3.32. The van der Waals surface area contributed by atoms with E-state index >= 15 is 0 Å². The lowest BCUT2D eigenvalue weighted by Gasteiger charge is -2.10. The minimum absolute atomic E-state index is 0.0468. The Morgan fingerprint density at radius 1 is 1.47 bits per heavy atom. The van der Waals surface area contributed by atoms with E-state index in [1.807, 2.05) is 20.0 Å². The van der Waals surface area contributed by atoms with E-state index in [1.54, 1.807) is 29.8 Å². The van der Waals surface area contributed by atoms with Gasteiger partial charge in [0.05, 0.1) is 6.20 Å². The molecule has 5 heteroatoms. The van der Waals surface area contributed by atoms with Crippen molar-refractivity contribution in [2.45, 2.75) is 20.5 Å².